The summed E-state index contributed by atoms with van der Waals surface area (Å²) >= 11 is 0. The first kappa shape index (κ1) is 16.8. The first-order chi connectivity index (χ1) is 10.4. The van der Waals surface area contributed by atoms with Crippen LogP contribution in [0.2, 0.25) is 0 Å². The van der Waals surface area contributed by atoms with Crippen LogP contribution in [0, 0.1) is 18.3 Å². The number of aromatic nitrogens is 2. The molecule has 120 valence electrons. The zero-order valence-electron chi connectivity index (χ0n) is 13.9. The average Bonchev–Trinajstić information content (AvgIpc) is 2.61. The lowest BCUT2D eigenvalue weighted by Gasteiger charge is -2.22. The summed E-state index contributed by atoms with van der Waals surface area (Å²) in [6.07, 6.45) is 13.1. The Balaban J connectivity index is 2.17. The smallest absolute Gasteiger partial charge is 0.223 e. The summed E-state index contributed by atoms with van der Waals surface area (Å²) in [5, 5.41) is 13.3. The molecule has 0 unspecified atom stereocenters. The van der Waals surface area contributed by atoms with E-state index < -0.39 is 0 Å². The van der Waals surface area contributed by atoms with Crippen LogP contribution in [-0.4, -0.2) is 26.7 Å². The second kappa shape index (κ2) is 7.11. The third-order valence-electron chi connectivity index (χ3n) is 4.00. The molecule has 22 heavy (non-hydrogen) atoms. The molecular formula is C18H27N3O. The maximum atomic E-state index is 9.99. The van der Waals surface area contributed by atoms with Gasteiger partial charge in [0.05, 0.1) is 17.4 Å². The van der Waals surface area contributed by atoms with Crippen molar-refractivity contribution >= 4 is 5.95 Å². The molecule has 1 aliphatic carbocycles. The molecule has 4 heteroatoms. The van der Waals surface area contributed by atoms with Crippen molar-refractivity contribution in [1.82, 2.24) is 9.97 Å². The molecule has 1 aromatic heterocycles. The summed E-state index contributed by atoms with van der Waals surface area (Å²) in [5.74, 6) is 3.75. The molecule has 1 aromatic rings. The Kier molecular flexibility index (Phi) is 5.42. The van der Waals surface area contributed by atoms with Crippen LogP contribution in [0.1, 0.15) is 64.1 Å². The van der Waals surface area contributed by atoms with E-state index in [1.54, 1.807) is 6.20 Å². The van der Waals surface area contributed by atoms with Crippen LogP contribution >= 0.6 is 0 Å². The molecule has 4 nitrogen and oxygen atoms in total. The zero-order valence-corrected chi connectivity index (χ0v) is 13.9. The highest BCUT2D eigenvalue weighted by Gasteiger charge is 2.21. The Bertz CT molecular complexity index is 542. The van der Waals surface area contributed by atoms with E-state index in [2.05, 4.69) is 42.0 Å². The van der Waals surface area contributed by atoms with Gasteiger partial charge >= 0.3 is 0 Å². The number of anilines is 1. The van der Waals surface area contributed by atoms with Crippen molar-refractivity contribution in [3.05, 3.63) is 17.5 Å². The Morgan fingerprint density at radius 3 is 2.77 bits per heavy atom. The summed E-state index contributed by atoms with van der Waals surface area (Å²) in [7, 11) is 0. The summed E-state index contributed by atoms with van der Waals surface area (Å²) < 4.78 is 0. The molecule has 0 bridgehead atoms. The van der Waals surface area contributed by atoms with Crippen LogP contribution in [0.4, 0.5) is 5.95 Å². The normalized spacial score (nSPS) is 22.7. The molecule has 1 saturated carbocycles. The first-order valence-corrected chi connectivity index (χ1v) is 8.16. The highest BCUT2D eigenvalue weighted by Crippen LogP contribution is 2.27. The number of hydrogen-bond donors (Lipinski definition) is 2. The molecule has 0 spiro atoms. The SMILES string of the molecule is C#Cc1cnc(NC(C)(C)C)nc1C[C@@H]1CCCC[C@H](O)C1. The van der Waals surface area contributed by atoms with Gasteiger partial charge in [0.15, 0.2) is 0 Å². The summed E-state index contributed by atoms with van der Waals surface area (Å²) in [4.78, 5) is 8.94. The van der Waals surface area contributed by atoms with E-state index in [1.165, 1.54) is 6.42 Å². The van der Waals surface area contributed by atoms with E-state index in [-0.39, 0.29) is 11.6 Å². The monoisotopic (exact) mass is 301 g/mol. The number of hydrogen-bond acceptors (Lipinski definition) is 4. The van der Waals surface area contributed by atoms with Gasteiger partial charge in [-0.15, -0.1) is 6.42 Å². The van der Waals surface area contributed by atoms with Gasteiger partial charge in [0.2, 0.25) is 5.95 Å². The van der Waals surface area contributed by atoms with E-state index >= 15 is 0 Å². The molecule has 0 aliphatic heterocycles. The van der Waals surface area contributed by atoms with Crippen LogP contribution in [0.15, 0.2) is 6.20 Å². The molecule has 1 heterocycles. The van der Waals surface area contributed by atoms with Crippen molar-refractivity contribution in [3.8, 4) is 12.3 Å². The third-order valence-corrected chi connectivity index (χ3v) is 4.00. The van der Waals surface area contributed by atoms with Gasteiger partial charge in [0, 0.05) is 11.7 Å². The van der Waals surface area contributed by atoms with E-state index in [4.69, 9.17) is 6.42 Å². The Morgan fingerprint density at radius 1 is 1.36 bits per heavy atom. The van der Waals surface area contributed by atoms with E-state index in [0.29, 0.717) is 11.9 Å². The van der Waals surface area contributed by atoms with Gasteiger partial charge in [-0.25, -0.2) is 9.97 Å². The third kappa shape index (κ3) is 4.99. The highest BCUT2D eigenvalue weighted by atomic mass is 16.3. The lowest BCUT2D eigenvalue weighted by atomic mass is 9.92. The first-order valence-electron chi connectivity index (χ1n) is 8.16. The van der Waals surface area contributed by atoms with Crippen molar-refractivity contribution in [2.24, 2.45) is 5.92 Å². The fourth-order valence-corrected chi connectivity index (χ4v) is 2.98. The fourth-order valence-electron chi connectivity index (χ4n) is 2.98. The second-order valence-corrected chi connectivity index (χ2v) is 7.32. The topological polar surface area (TPSA) is 58.0 Å². The lowest BCUT2D eigenvalue weighted by molar-refractivity contribution is 0.141. The number of terminal acetylenes is 1. The number of nitrogens with zero attached hydrogens (tertiary/aromatic N) is 2. The maximum Gasteiger partial charge on any atom is 0.223 e. The van der Waals surface area contributed by atoms with E-state index in [9.17, 15) is 5.11 Å². The van der Waals surface area contributed by atoms with Crippen LogP contribution in [0.5, 0.6) is 0 Å². The Labute approximate surface area is 133 Å². The molecule has 1 aliphatic rings. The van der Waals surface area contributed by atoms with Crippen molar-refractivity contribution in [2.45, 2.75) is 70.9 Å². The van der Waals surface area contributed by atoms with Crippen molar-refractivity contribution in [2.75, 3.05) is 5.32 Å². The predicted octanol–water partition coefficient (Wildman–Crippen LogP) is 3.15. The standard InChI is InChI=1S/C18H27N3O/c1-5-14-12-19-17(21-18(2,3)4)20-16(14)11-13-8-6-7-9-15(22)10-13/h1,12-13,15,22H,6-11H2,2-4H3,(H,19,20,21)/t13-,15+/m1/s1. The number of aliphatic hydroxyl groups excluding tert-OH is 1. The van der Waals surface area contributed by atoms with Gasteiger partial charge < -0.3 is 10.4 Å². The van der Waals surface area contributed by atoms with Crippen molar-refractivity contribution in [3.63, 3.8) is 0 Å². The van der Waals surface area contributed by atoms with Gasteiger partial charge in [-0.1, -0.05) is 18.8 Å². The summed E-state index contributed by atoms with van der Waals surface area (Å²) in [5.41, 5.74) is 1.59. The van der Waals surface area contributed by atoms with E-state index in [0.717, 1.165) is 43.4 Å². The van der Waals surface area contributed by atoms with Gasteiger partial charge in [-0.05, 0) is 52.4 Å². The second-order valence-electron chi connectivity index (χ2n) is 7.32. The van der Waals surface area contributed by atoms with Crippen LogP contribution in [0.3, 0.4) is 0 Å². The maximum absolute atomic E-state index is 9.99. The largest absolute Gasteiger partial charge is 0.393 e. The van der Waals surface area contributed by atoms with Crippen LogP contribution in [-0.2, 0) is 6.42 Å². The molecule has 2 atom stereocenters. The van der Waals surface area contributed by atoms with Gasteiger partial charge in [0.1, 0.15) is 0 Å². The highest BCUT2D eigenvalue weighted by molar-refractivity contribution is 5.39. The fraction of sp³-hybridized carbons (Fsp3) is 0.667. The molecule has 1 fully saturated rings. The minimum atomic E-state index is -0.184. The van der Waals surface area contributed by atoms with Gasteiger partial charge in [-0.2, -0.15) is 0 Å². The number of nitrogens with one attached hydrogen (secondary N) is 1. The lowest BCUT2D eigenvalue weighted by Crippen LogP contribution is -2.27. The van der Waals surface area contributed by atoms with E-state index in [1.807, 2.05) is 0 Å². The average molecular weight is 301 g/mol. The molecule has 0 aromatic carbocycles. The molecule has 2 N–H and O–H groups in total. The Hall–Kier alpha value is -1.60. The van der Waals surface area contributed by atoms with Crippen molar-refractivity contribution in [1.29, 1.82) is 0 Å². The molecular weight excluding hydrogens is 274 g/mol. The van der Waals surface area contributed by atoms with Crippen molar-refractivity contribution < 1.29 is 5.11 Å². The Morgan fingerprint density at radius 2 is 2.09 bits per heavy atom. The molecule has 0 saturated heterocycles. The summed E-state index contributed by atoms with van der Waals surface area (Å²) in [6, 6.07) is 0. The predicted molar refractivity (Wildman–Crippen MR) is 89.6 cm³/mol. The minimum Gasteiger partial charge on any atom is -0.393 e. The number of rotatable bonds is 3. The minimum absolute atomic E-state index is 0.0898. The zero-order chi connectivity index (χ0) is 16.2. The molecule has 2 rings (SSSR count). The van der Waals surface area contributed by atoms with Crippen LogP contribution in [0.25, 0.3) is 0 Å². The van der Waals surface area contributed by atoms with Crippen LogP contribution < -0.4 is 5.32 Å². The van der Waals surface area contributed by atoms with Gasteiger partial charge in [-0.3, -0.25) is 0 Å². The molecule has 0 radical (unpaired) electrons. The quantitative estimate of drug-likeness (QED) is 0.665. The summed E-state index contributed by atoms with van der Waals surface area (Å²) in [6.45, 7) is 6.23. The molecule has 0 amide bonds. The van der Waals surface area contributed by atoms with Gasteiger partial charge in [0.25, 0.3) is 0 Å². The number of aliphatic hydroxyl groups is 1.